The molecule has 0 unspecified atom stereocenters. The number of nitrogens with two attached hydrogens (primary N) is 1. The summed E-state index contributed by atoms with van der Waals surface area (Å²) in [7, 11) is 0. The third-order valence-electron chi connectivity index (χ3n) is 2.85. The Morgan fingerprint density at radius 1 is 1.42 bits per heavy atom. The molecule has 0 saturated carbocycles. The van der Waals surface area contributed by atoms with Gasteiger partial charge < -0.3 is 11.1 Å². The topological polar surface area (TPSA) is 50.9 Å². The molecule has 0 fully saturated rings. The zero-order chi connectivity index (χ0) is 13.8. The molecule has 0 amide bonds. The van der Waals surface area contributed by atoms with E-state index in [-0.39, 0.29) is 0 Å². The summed E-state index contributed by atoms with van der Waals surface area (Å²) in [5.74, 6) is 0. The molecule has 98 valence electrons. The zero-order valence-electron chi connectivity index (χ0n) is 10.5. The highest BCUT2D eigenvalue weighted by molar-refractivity contribution is 9.10. The fourth-order valence-corrected chi connectivity index (χ4v) is 2.62. The molecule has 1 aromatic heterocycles. The van der Waals surface area contributed by atoms with Gasteiger partial charge in [-0.15, -0.1) is 0 Å². The molecule has 0 atom stereocenters. The van der Waals surface area contributed by atoms with Crippen LogP contribution in [0.4, 0.5) is 5.69 Å². The summed E-state index contributed by atoms with van der Waals surface area (Å²) in [5, 5.41) is 3.37. The van der Waals surface area contributed by atoms with Crippen molar-refractivity contribution >= 4 is 38.8 Å². The van der Waals surface area contributed by atoms with Crippen molar-refractivity contribution in [3.8, 4) is 0 Å². The second kappa shape index (κ2) is 6.12. The molecule has 0 bridgehead atoms. The summed E-state index contributed by atoms with van der Waals surface area (Å²) in [6.07, 6.45) is 3.67. The van der Waals surface area contributed by atoms with Gasteiger partial charge in [0.2, 0.25) is 0 Å². The number of nitrogens with one attached hydrogen (secondary N) is 1. The fraction of sp³-hybridized carbons (Fsp3) is 0.143. The second-order valence-electron chi connectivity index (χ2n) is 4.21. The minimum Gasteiger partial charge on any atom is -0.389 e. The van der Waals surface area contributed by atoms with Gasteiger partial charge in [0.25, 0.3) is 0 Å². The molecule has 3 N–H and O–H groups in total. The third kappa shape index (κ3) is 3.52. The van der Waals surface area contributed by atoms with Crippen molar-refractivity contribution < 1.29 is 0 Å². The molecule has 0 spiro atoms. The van der Waals surface area contributed by atoms with E-state index in [4.69, 9.17) is 18.0 Å². The van der Waals surface area contributed by atoms with Crippen LogP contribution in [0.5, 0.6) is 0 Å². The Balaban J connectivity index is 2.11. The van der Waals surface area contributed by atoms with Gasteiger partial charge >= 0.3 is 0 Å². The highest BCUT2D eigenvalue weighted by Gasteiger charge is 2.04. The van der Waals surface area contributed by atoms with E-state index in [2.05, 4.69) is 33.2 Å². The van der Waals surface area contributed by atoms with Crippen LogP contribution in [0.3, 0.4) is 0 Å². The molecule has 2 rings (SSSR count). The molecule has 0 aliphatic heterocycles. The number of pyridine rings is 1. The minimum atomic E-state index is 0.392. The maximum Gasteiger partial charge on any atom is 0.105 e. The van der Waals surface area contributed by atoms with Crippen molar-refractivity contribution in [3.63, 3.8) is 0 Å². The van der Waals surface area contributed by atoms with Crippen molar-refractivity contribution in [3.05, 3.63) is 57.8 Å². The number of anilines is 1. The normalized spacial score (nSPS) is 10.2. The van der Waals surface area contributed by atoms with Crippen molar-refractivity contribution in [2.75, 3.05) is 5.32 Å². The van der Waals surface area contributed by atoms with E-state index in [0.717, 1.165) is 22.3 Å². The Morgan fingerprint density at radius 2 is 2.21 bits per heavy atom. The molecule has 0 radical (unpaired) electrons. The Kier molecular flexibility index (Phi) is 4.50. The number of hydrogen-bond donors (Lipinski definition) is 2. The molecule has 5 heteroatoms. The number of aromatic nitrogens is 1. The first kappa shape index (κ1) is 14.0. The second-order valence-corrected chi connectivity index (χ2v) is 5.51. The molecular formula is C14H14BrN3S. The average molecular weight is 336 g/mol. The van der Waals surface area contributed by atoms with Crippen LogP contribution < -0.4 is 11.1 Å². The van der Waals surface area contributed by atoms with E-state index in [9.17, 15) is 0 Å². The van der Waals surface area contributed by atoms with Gasteiger partial charge in [0.05, 0.1) is 0 Å². The number of rotatable bonds is 4. The Hall–Kier alpha value is -1.46. The molecule has 0 aliphatic carbocycles. The summed E-state index contributed by atoms with van der Waals surface area (Å²) in [6.45, 7) is 2.81. The quantitative estimate of drug-likeness (QED) is 0.841. The number of halogens is 1. The maximum absolute atomic E-state index is 5.62. The van der Waals surface area contributed by atoms with Crippen LogP contribution in [0.2, 0.25) is 0 Å². The first-order valence-corrected chi connectivity index (χ1v) is 7.01. The summed E-state index contributed by atoms with van der Waals surface area (Å²) in [4.78, 5) is 4.47. The highest BCUT2D eigenvalue weighted by Crippen LogP contribution is 2.22. The van der Waals surface area contributed by atoms with Crippen LogP contribution in [0.15, 0.2) is 41.1 Å². The van der Waals surface area contributed by atoms with Crippen LogP contribution in [0, 0.1) is 6.92 Å². The van der Waals surface area contributed by atoms with Gasteiger partial charge in [-0.2, -0.15) is 0 Å². The molecular weight excluding hydrogens is 322 g/mol. The summed E-state index contributed by atoms with van der Waals surface area (Å²) < 4.78 is 0.899. The van der Waals surface area contributed by atoms with Gasteiger partial charge in [0, 0.05) is 34.7 Å². The molecule has 3 nitrogen and oxygen atoms in total. The number of nitrogens with zero attached hydrogens (tertiary/aromatic N) is 1. The largest absolute Gasteiger partial charge is 0.389 e. The van der Waals surface area contributed by atoms with Gasteiger partial charge in [0.1, 0.15) is 4.99 Å². The standard InChI is InChI=1S/C14H14BrN3S/c1-9-7-17-5-4-10(9)8-18-11-2-3-12(14(16)19)13(15)6-11/h2-7,18H,8H2,1H3,(H2,16,19). The fourth-order valence-electron chi connectivity index (χ4n) is 1.72. The van der Waals surface area contributed by atoms with Crippen LogP contribution in [-0.4, -0.2) is 9.97 Å². The Labute approximate surface area is 126 Å². The smallest absolute Gasteiger partial charge is 0.105 e. The predicted molar refractivity (Wildman–Crippen MR) is 86.3 cm³/mol. The highest BCUT2D eigenvalue weighted by atomic mass is 79.9. The molecule has 19 heavy (non-hydrogen) atoms. The van der Waals surface area contributed by atoms with Gasteiger partial charge in [-0.3, -0.25) is 4.98 Å². The first-order chi connectivity index (χ1) is 9.08. The van der Waals surface area contributed by atoms with Crippen LogP contribution in [0.25, 0.3) is 0 Å². The lowest BCUT2D eigenvalue weighted by Gasteiger charge is -2.10. The van der Waals surface area contributed by atoms with E-state index in [0.29, 0.717) is 4.99 Å². The van der Waals surface area contributed by atoms with Gasteiger partial charge in [0.15, 0.2) is 0 Å². The summed E-state index contributed by atoms with van der Waals surface area (Å²) in [5.41, 5.74) is 9.89. The van der Waals surface area contributed by atoms with E-state index in [1.165, 1.54) is 11.1 Å². The third-order valence-corrected chi connectivity index (χ3v) is 3.73. The van der Waals surface area contributed by atoms with E-state index >= 15 is 0 Å². The molecule has 1 heterocycles. The summed E-state index contributed by atoms with van der Waals surface area (Å²) >= 11 is 8.44. The Bertz CT molecular complexity index is 613. The van der Waals surface area contributed by atoms with E-state index in [1.807, 2.05) is 30.5 Å². The molecule has 1 aromatic carbocycles. The van der Waals surface area contributed by atoms with Crippen molar-refractivity contribution in [2.24, 2.45) is 5.73 Å². The number of hydrogen-bond acceptors (Lipinski definition) is 3. The van der Waals surface area contributed by atoms with Crippen LogP contribution in [-0.2, 0) is 6.54 Å². The lowest BCUT2D eigenvalue weighted by molar-refractivity contribution is 1.09. The van der Waals surface area contributed by atoms with Crippen molar-refractivity contribution in [1.82, 2.24) is 4.98 Å². The first-order valence-electron chi connectivity index (χ1n) is 5.80. The lowest BCUT2D eigenvalue weighted by Crippen LogP contribution is -2.10. The zero-order valence-corrected chi connectivity index (χ0v) is 12.9. The SMILES string of the molecule is Cc1cnccc1CNc1ccc(C(N)=S)c(Br)c1. The predicted octanol–water partition coefficient (Wildman–Crippen LogP) is 3.40. The van der Waals surface area contributed by atoms with Crippen molar-refractivity contribution in [2.45, 2.75) is 13.5 Å². The van der Waals surface area contributed by atoms with Gasteiger partial charge in [-0.25, -0.2) is 0 Å². The van der Waals surface area contributed by atoms with E-state index < -0.39 is 0 Å². The molecule has 0 aliphatic rings. The summed E-state index contributed by atoms with van der Waals surface area (Å²) in [6, 6.07) is 7.87. The van der Waals surface area contributed by atoms with Crippen LogP contribution in [0.1, 0.15) is 16.7 Å². The number of aryl methyl sites for hydroxylation is 1. The average Bonchev–Trinajstić information content (AvgIpc) is 2.37. The monoisotopic (exact) mass is 335 g/mol. The van der Waals surface area contributed by atoms with E-state index in [1.54, 1.807) is 6.20 Å². The number of thiocarbonyl (C=S) groups is 1. The maximum atomic E-state index is 5.62. The Morgan fingerprint density at radius 3 is 2.84 bits per heavy atom. The van der Waals surface area contributed by atoms with Gasteiger partial charge in [-0.05, 0) is 58.2 Å². The number of benzene rings is 1. The van der Waals surface area contributed by atoms with Crippen LogP contribution >= 0.6 is 28.1 Å². The minimum absolute atomic E-state index is 0.392. The molecule has 0 saturated heterocycles. The lowest BCUT2D eigenvalue weighted by atomic mass is 10.1. The molecule has 2 aromatic rings. The van der Waals surface area contributed by atoms with Crippen molar-refractivity contribution in [1.29, 1.82) is 0 Å². The van der Waals surface area contributed by atoms with Gasteiger partial charge in [-0.1, -0.05) is 12.2 Å².